The molecule has 1 aromatic carbocycles. The Morgan fingerprint density at radius 1 is 1.38 bits per heavy atom. The van der Waals surface area contributed by atoms with Gasteiger partial charge in [0.05, 0.1) is 28.0 Å². The van der Waals surface area contributed by atoms with Crippen molar-refractivity contribution in [3.05, 3.63) is 58.2 Å². The van der Waals surface area contributed by atoms with Crippen LogP contribution in [0.25, 0.3) is 10.2 Å². The molecule has 0 radical (unpaired) electrons. The lowest BCUT2D eigenvalue weighted by molar-refractivity contribution is 0.101. The maximum absolute atomic E-state index is 12.7. The summed E-state index contributed by atoms with van der Waals surface area (Å²) in [4.78, 5) is 17.2. The Hall–Kier alpha value is -2.71. The first-order valence-electron chi connectivity index (χ1n) is 7.82. The zero-order chi connectivity index (χ0) is 18.3. The number of hydrogen-bond donors (Lipinski definition) is 1. The van der Waals surface area contributed by atoms with Crippen molar-refractivity contribution in [3.8, 4) is 0 Å². The molecule has 26 heavy (non-hydrogen) atoms. The highest BCUT2D eigenvalue weighted by Gasteiger charge is 2.21. The minimum absolute atomic E-state index is 0.213. The number of aromatic nitrogens is 4. The van der Waals surface area contributed by atoms with Gasteiger partial charge in [-0.15, -0.1) is 0 Å². The first-order chi connectivity index (χ1) is 12.5. The number of amides is 1. The van der Waals surface area contributed by atoms with Gasteiger partial charge in [0.1, 0.15) is 5.76 Å². The fourth-order valence-corrected chi connectivity index (χ4v) is 3.73. The first kappa shape index (κ1) is 16.7. The van der Waals surface area contributed by atoms with E-state index in [2.05, 4.69) is 20.6 Å². The quantitative estimate of drug-likeness (QED) is 0.570. The third-order valence-corrected chi connectivity index (χ3v) is 5.09. The van der Waals surface area contributed by atoms with Crippen LogP contribution in [-0.2, 0) is 6.54 Å². The van der Waals surface area contributed by atoms with E-state index in [1.54, 1.807) is 17.8 Å². The number of carbonyl (C=O) groups excluding carboxylic acids is 1. The van der Waals surface area contributed by atoms with Crippen molar-refractivity contribution in [1.29, 1.82) is 0 Å². The fraction of sp³-hybridized carbons (Fsp3) is 0.176. The van der Waals surface area contributed by atoms with Gasteiger partial charge in [-0.1, -0.05) is 40.2 Å². The van der Waals surface area contributed by atoms with E-state index in [1.807, 2.05) is 25.1 Å². The second-order valence-corrected chi connectivity index (χ2v) is 7.28. The monoisotopic (exact) mass is 387 g/mol. The largest absolute Gasteiger partial charge is 0.361 e. The molecule has 1 N–H and O–H groups in total. The molecule has 132 valence electrons. The normalized spacial score (nSPS) is 11.2. The van der Waals surface area contributed by atoms with Crippen LogP contribution >= 0.6 is 22.9 Å². The molecule has 7 nitrogen and oxygen atoms in total. The topological polar surface area (TPSA) is 85.8 Å². The zero-order valence-electron chi connectivity index (χ0n) is 14.0. The third-order valence-electron chi connectivity index (χ3n) is 3.96. The van der Waals surface area contributed by atoms with Crippen LogP contribution < -0.4 is 5.32 Å². The number of hydrogen-bond acceptors (Lipinski definition) is 6. The second kappa shape index (κ2) is 6.54. The number of anilines is 1. The number of para-hydroxylation sites is 1. The molecule has 0 aliphatic rings. The number of nitrogens with zero attached hydrogens (tertiary/aromatic N) is 4. The van der Waals surface area contributed by atoms with Crippen LogP contribution in [0.3, 0.4) is 0 Å². The van der Waals surface area contributed by atoms with Crippen LogP contribution in [0.1, 0.15) is 27.4 Å². The Balaban J connectivity index is 1.60. The lowest BCUT2D eigenvalue weighted by atomic mass is 10.2. The lowest BCUT2D eigenvalue weighted by Crippen LogP contribution is -2.15. The van der Waals surface area contributed by atoms with Gasteiger partial charge in [0.2, 0.25) is 0 Å². The van der Waals surface area contributed by atoms with E-state index in [1.165, 1.54) is 17.5 Å². The highest BCUT2D eigenvalue weighted by Crippen LogP contribution is 2.28. The molecule has 0 saturated carbocycles. The van der Waals surface area contributed by atoms with Crippen LogP contribution in [0.15, 0.2) is 35.1 Å². The van der Waals surface area contributed by atoms with Gasteiger partial charge in [-0.25, -0.2) is 4.98 Å². The van der Waals surface area contributed by atoms with E-state index in [-0.39, 0.29) is 11.6 Å². The van der Waals surface area contributed by atoms with Gasteiger partial charge < -0.3 is 4.52 Å². The minimum atomic E-state index is -0.369. The maximum Gasteiger partial charge on any atom is 0.279 e. The number of carbonyl (C=O) groups is 1. The van der Waals surface area contributed by atoms with E-state index < -0.39 is 0 Å². The van der Waals surface area contributed by atoms with Crippen molar-refractivity contribution in [3.63, 3.8) is 0 Å². The highest BCUT2D eigenvalue weighted by molar-refractivity contribution is 7.22. The Morgan fingerprint density at radius 3 is 2.96 bits per heavy atom. The van der Waals surface area contributed by atoms with Crippen LogP contribution in [0.5, 0.6) is 0 Å². The average molecular weight is 388 g/mol. The molecule has 0 unspecified atom stereocenters. The molecule has 3 heterocycles. The van der Waals surface area contributed by atoms with E-state index in [9.17, 15) is 4.79 Å². The van der Waals surface area contributed by atoms with Crippen molar-refractivity contribution in [1.82, 2.24) is 19.9 Å². The van der Waals surface area contributed by atoms with Crippen molar-refractivity contribution in [2.24, 2.45) is 0 Å². The molecule has 0 aliphatic carbocycles. The molecule has 0 aliphatic heterocycles. The van der Waals surface area contributed by atoms with Gasteiger partial charge in [-0.3, -0.25) is 14.8 Å². The van der Waals surface area contributed by atoms with E-state index in [4.69, 9.17) is 16.1 Å². The number of thiazole rings is 1. The van der Waals surface area contributed by atoms with Crippen molar-refractivity contribution < 1.29 is 9.32 Å². The Labute approximate surface area is 157 Å². The summed E-state index contributed by atoms with van der Waals surface area (Å²) >= 11 is 7.31. The van der Waals surface area contributed by atoms with Gasteiger partial charge in [0, 0.05) is 11.8 Å². The maximum atomic E-state index is 12.7. The number of benzene rings is 1. The summed E-state index contributed by atoms with van der Waals surface area (Å²) in [6.07, 6.45) is 3.21. The van der Waals surface area contributed by atoms with Crippen molar-refractivity contribution in [2.75, 3.05) is 5.32 Å². The summed E-state index contributed by atoms with van der Waals surface area (Å²) < 4.78 is 7.85. The zero-order valence-corrected chi connectivity index (χ0v) is 15.6. The van der Waals surface area contributed by atoms with E-state index in [0.29, 0.717) is 28.0 Å². The third kappa shape index (κ3) is 3.09. The second-order valence-electron chi connectivity index (χ2n) is 5.82. The van der Waals surface area contributed by atoms with Gasteiger partial charge in [0.15, 0.2) is 10.8 Å². The van der Waals surface area contributed by atoms with Crippen LogP contribution in [0, 0.1) is 13.8 Å². The van der Waals surface area contributed by atoms with Gasteiger partial charge >= 0.3 is 0 Å². The molecular weight excluding hydrogens is 374 g/mol. The van der Waals surface area contributed by atoms with Crippen LogP contribution in [-0.4, -0.2) is 25.8 Å². The number of aryl methyl sites for hydroxylation is 2. The molecule has 0 saturated heterocycles. The fourth-order valence-electron chi connectivity index (χ4n) is 2.64. The number of halogens is 1. The summed E-state index contributed by atoms with van der Waals surface area (Å²) in [5, 5.41) is 11.9. The molecule has 4 rings (SSSR count). The van der Waals surface area contributed by atoms with Crippen LogP contribution in [0.4, 0.5) is 5.13 Å². The minimum Gasteiger partial charge on any atom is -0.361 e. The number of nitrogens with one attached hydrogen (secondary N) is 1. The number of fused-ring (bicyclic) bond motifs is 1. The molecule has 0 bridgehead atoms. The summed E-state index contributed by atoms with van der Waals surface area (Å²) in [5.74, 6) is 0.189. The molecular formula is C17H14ClN5O2S. The lowest BCUT2D eigenvalue weighted by Gasteiger charge is -2.03. The molecule has 0 fully saturated rings. The van der Waals surface area contributed by atoms with Crippen molar-refractivity contribution in [2.45, 2.75) is 20.4 Å². The smallest absolute Gasteiger partial charge is 0.279 e. The van der Waals surface area contributed by atoms with Gasteiger partial charge in [-0.05, 0) is 25.5 Å². The van der Waals surface area contributed by atoms with Gasteiger partial charge in [0.25, 0.3) is 5.91 Å². The Kier molecular flexibility index (Phi) is 4.21. The Morgan fingerprint density at radius 2 is 2.23 bits per heavy atom. The standard InChI is InChI=1S/C17H14ClN5O2S/c1-9-4-3-5-13-14(9)20-17(26-13)21-16(24)15-12(10(2)25-22-15)8-23-7-11(18)6-19-23/h3-7H,8H2,1-2H3,(H,20,21,24). The first-order valence-corrected chi connectivity index (χ1v) is 9.01. The summed E-state index contributed by atoms with van der Waals surface area (Å²) in [6.45, 7) is 4.08. The summed E-state index contributed by atoms with van der Waals surface area (Å²) in [6, 6.07) is 5.93. The summed E-state index contributed by atoms with van der Waals surface area (Å²) in [7, 11) is 0. The number of rotatable bonds is 4. The predicted octanol–water partition coefficient (Wildman–Crippen LogP) is 4.05. The van der Waals surface area contributed by atoms with Crippen LogP contribution in [0.2, 0.25) is 5.02 Å². The Bertz CT molecular complexity index is 1110. The average Bonchev–Trinajstić information content (AvgIpc) is 3.28. The summed E-state index contributed by atoms with van der Waals surface area (Å²) in [5.41, 5.74) is 2.81. The van der Waals surface area contributed by atoms with E-state index >= 15 is 0 Å². The molecule has 9 heteroatoms. The van der Waals surface area contributed by atoms with Gasteiger partial charge in [-0.2, -0.15) is 5.10 Å². The molecule has 0 atom stereocenters. The predicted molar refractivity (Wildman–Crippen MR) is 99.9 cm³/mol. The molecule has 0 spiro atoms. The molecule has 3 aromatic heterocycles. The molecule has 1 amide bonds. The highest BCUT2D eigenvalue weighted by atomic mass is 35.5. The SMILES string of the molecule is Cc1onc(C(=O)Nc2nc3c(C)cccc3s2)c1Cn1cc(Cl)cn1. The van der Waals surface area contributed by atoms with Crippen molar-refractivity contribution >= 4 is 44.2 Å². The molecule has 4 aromatic rings. The van der Waals surface area contributed by atoms with E-state index in [0.717, 1.165) is 15.8 Å².